The van der Waals surface area contributed by atoms with Crippen LogP contribution in [0.2, 0.25) is 0 Å². The van der Waals surface area contributed by atoms with Crippen molar-refractivity contribution in [1.82, 2.24) is 5.32 Å². The van der Waals surface area contributed by atoms with Crippen molar-refractivity contribution in [3.8, 4) is 11.5 Å². The maximum absolute atomic E-state index is 9.47. The van der Waals surface area contributed by atoms with Gasteiger partial charge in [-0.05, 0) is 17.7 Å². The van der Waals surface area contributed by atoms with Gasteiger partial charge in [-0.1, -0.05) is 6.07 Å². The molecule has 1 aromatic rings. The Kier molecular flexibility index (Phi) is 3.64. The molecular formula is C12H17NO3. The molecule has 0 bridgehead atoms. The quantitative estimate of drug-likeness (QED) is 0.800. The number of hydrogen-bond donors (Lipinski definition) is 2. The van der Waals surface area contributed by atoms with Gasteiger partial charge in [0, 0.05) is 19.5 Å². The highest BCUT2D eigenvalue weighted by Gasteiger charge is 2.14. The summed E-state index contributed by atoms with van der Waals surface area (Å²) in [6, 6.07) is 5.41. The van der Waals surface area contributed by atoms with Gasteiger partial charge in [0.2, 0.25) is 0 Å². The van der Waals surface area contributed by atoms with Gasteiger partial charge in [0.15, 0.2) is 11.5 Å². The van der Waals surface area contributed by atoms with Crippen molar-refractivity contribution in [2.24, 2.45) is 0 Å². The zero-order valence-electron chi connectivity index (χ0n) is 9.40. The molecule has 0 aliphatic carbocycles. The molecule has 0 saturated carbocycles. The summed E-state index contributed by atoms with van der Waals surface area (Å²) in [7, 11) is 1.55. The Bertz CT molecular complexity index is 348. The van der Waals surface area contributed by atoms with E-state index in [1.807, 2.05) is 12.1 Å². The first-order valence-corrected chi connectivity index (χ1v) is 5.48. The molecule has 88 valence electrons. The van der Waals surface area contributed by atoms with Crippen LogP contribution in [-0.4, -0.2) is 38.0 Å². The number of morpholine rings is 1. The monoisotopic (exact) mass is 223 g/mol. The van der Waals surface area contributed by atoms with E-state index in [2.05, 4.69) is 5.32 Å². The number of methoxy groups -OCH3 is 1. The fourth-order valence-electron chi connectivity index (χ4n) is 1.86. The highest BCUT2D eigenvalue weighted by molar-refractivity contribution is 5.41. The van der Waals surface area contributed by atoms with Gasteiger partial charge < -0.3 is 19.9 Å². The zero-order chi connectivity index (χ0) is 11.4. The van der Waals surface area contributed by atoms with Gasteiger partial charge in [0.25, 0.3) is 0 Å². The molecule has 1 atom stereocenters. The van der Waals surface area contributed by atoms with Crippen LogP contribution in [0.1, 0.15) is 5.56 Å². The second-order valence-corrected chi connectivity index (χ2v) is 3.91. The molecule has 0 spiro atoms. The van der Waals surface area contributed by atoms with E-state index in [9.17, 15) is 5.11 Å². The number of ether oxygens (including phenoxy) is 2. The third kappa shape index (κ3) is 2.65. The van der Waals surface area contributed by atoms with Crippen molar-refractivity contribution in [3.63, 3.8) is 0 Å². The highest BCUT2D eigenvalue weighted by Crippen LogP contribution is 2.26. The van der Waals surface area contributed by atoms with Crippen LogP contribution in [0.15, 0.2) is 18.2 Å². The van der Waals surface area contributed by atoms with Gasteiger partial charge in [-0.15, -0.1) is 0 Å². The predicted octanol–water partition coefficient (Wildman–Crippen LogP) is 0.932. The molecular weight excluding hydrogens is 206 g/mol. The van der Waals surface area contributed by atoms with Crippen molar-refractivity contribution in [2.75, 3.05) is 26.8 Å². The summed E-state index contributed by atoms with van der Waals surface area (Å²) in [6.45, 7) is 2.57. The Balaban J connectivity index is 2.03. The molecule has 1 unspecified atom stereocenters. The van der Waals surface area contributed by atoms with Gasteiger partial charge in [0.1, 0.15) is 0 Å². The number of phenols is 1. The average molecular weight is 223 g/mol. The summed E-state index contributed by atoms with van der Waals surface area (Å²) in [5, 5.41) is 12.8. The lowest BCUT2D eigenvalue weighted by molar-refractivity contribution is 0.0292. The molecule has 1 saturated heterocycles. The topological polar surface area (TPSA) is 50.7 Å². The van der Waals surface area contributed by atoms with E-state index in [1.54, 1.807) is 13.2 Å². The van der Waals surface area contributed by atoms with Crippen molar-refractivity contribution in [2.45, 2.75) is 12.5 Å². The van der Waals surface area contributed by atoms with Crippen molar-refractivity contribution < 1.29 is 14.6 Å². The maximum atomic E-state index is 9.47. The second-order valence-electron chi connectivity index (χ2n) is 3.91. The number of phenolic OH excluding ortho intramolecular Hbond substituents is 1. The number of aromatic hydroxyl groups is 1. The molecule has 2 rings (SSSR count). The molecule has 1 aliphatic rings. The van der Waals surface area contributed by atoms with E-state index in [0.717, 1.165) is 31.7 Å². The third-order valence-electron chi connectivity index (χ3n) is 2.71. The van der Waals surface area contributed by atoms with Gasteiger partial charge in [0.05, 0.1) is 19.8 Å². The molecule has 0 aromatic heterocycles. The van der Waals surface area contributed by atoms with E-state index >= 15 is 0 Å². The fourth-order valence-corrected chi connectivity index (χ4v) is 1.86. The normalized spacial score (nSPS) is 20.7. The Morgan fingerprint density at radius 2 is 2.44 bits per heavy atom. The summed E-state index contributed by atoms with van der Waals surface area (Å²) in [4.78, 5) is 0. The Hall–Kier alpha value is -1.26. The summed E-state index contributed by atoms with van der Waals surface area (Å²) in [6.07, 6.45) is 1.05. The average Bonchev–Trinajstić information content (AvgIpc) is 2.33. The minimum atomic E-state index is 0.175. The number of nitrogens with one attached hydrogen (secondary N) is 1. The lowest BCUT2D eigenvalue weighted by Gasteiger charge is -2.23. The Labute approximate surface area is 95.2 Å². The molecule has 0 radical (unpaired) electrons. The maximum Gasteiger partial charge on any atom is 0.160 e. The van der Waals surface area contributed by atoms with E-state index < -0.39 is 0 Å². The first-order chi connectivity index (χ1) is 7.79. The zero-order valence-corrected chi connectivity index (χ0v) is 9.40. The first kappa shape index (κ1) is 11.2. The van der Waals surface area contributed by atoms with Crippen LogP contribution < -0.4 is 10.1 Å². The largest absolute Gasteiger partial charge is 0.504 e. The van der Waals surface area contributed by atoms with Crippen LogP contribution in [0, 0.1) is 0 Å². The van der Waals surface area contributed by atoms with Crippen molar-refractivity contribution in [3.05, 3.63) is 23.8 Å². The molecule has 4 heteroatoms. The molecule has 16 heavy (non-hydrogen) atoms. The van der Waals surface area contributed by atoms with Crippen LogP contribution in [0.25, 0.3) is 0 Å². The van der Waals surface area contributed by atoms with Crippen LogP contribution >= 0.6 is 0 Å². The van der Waals surface area contributed by atoms with E-state index in [-0.39, 0.29) is 11.9 Å². The number of hydrogen-bond acceptors (Lipinski definition) is 4. The lowest BCUT2D eigenvalue weighted by Crippen LogP contribution is -2.39. The SMILES string of the molecule is COc1cc(CC2CNCCO2)ccc1O. The Morgan fingerprint density at radius 1 is 1.56 bits per heavy atom. The summed E-state index contributed by atoms with van der Waals surface area (Å²) in [5.74, 6) is 0.690. The molecule has 1 fully saturated rings. The van der Waals surface area contributed by atoms with Gasteiger partial charge in [-0.2, -0.15) is 0 Å². The van der Waals surface area contributed by atoms with Crippen LogP contribution in [-0.2, 0) is 11.2 Å². The predicted molar refractivity (Wildman–Crippen MR) is 61.0 cm³/mol. The number of rotatable bonds is 3. The smallest absolute Gasteiger partial charge is 0.160 e. The molecule has 1 heterocycles. The second kappa shape index (κ2) is 5.18. The van der Waals surface area contributed by atoms with Crippen molar-refractivity contribution in [1.29, 1.82) is 0 Å². The standard InChI is InChI=1S/C12H17NO3/c1-15-12-7-9(2-3-11(12)14)6-10-8-13-4-5-16-10/h2-3,7,10,13-14H,4-6,8H2,1H3. The fraction of sp³-hybridized carbons (Fsp3) is 0.500. The van der Waals surface area contributed by atoms with Gasteiger partial charge in [-0.3, -0.25) is 0 Å². The van der Waals surface area contributed by atoms with Crippen LogP contribution in [0.5, 0.6) is 11.5 Å². The molecule has 0 amide bonds. The molecule has 1 aromatic carbocycles. The summed E-state index contributed by atoms with van der Waals surface area (Å²) >= 11 is 0. The van der Waals surface area contributed by atoms with Crippen molar-refractivity contribution >= 4 is 0 Å². The molecule has 1 aliphatic heterocycles. The summed E-state index contributed by atoms with van der Waals surface area (Å²) in [5.41, 5.74) is 1.11. The van der Waals surface area contributed by atoms with E-state index in [4.69, 9.17) is 9.47 Å². The van der Waals surface area contributed by atoms with Crippen LogP contribution in [0.4, 0.5) is 0 Å². The minimum absolute atomic E-state index is 0.175. The van der Waals surface area contributed by atoms with Crippen LogP contribution in [0.3, 0.4) is 0 Å². The first-order valence-electron chi connectivity index (χ1n) is 5.48. The summed E-state index contributed by atoms with van der Waals surface area (Å²) < 4.78 is 10.7. The Morgan fingerprint density at radius 3 is 3.12 bits per heavy atom. The van der Waals surface area contributed by atoms with E-state index in [1.165, 1.54) is 0 Å². The third-order valence-corrected chi connectivity index (χ3v) is 2.71. The number of benzene rings is 1. The lowest BCUT2D eigenvalue weighted by atomic mass is 10.1. The highest BCUT2D eigenvalue weighted by atomic mass is 16.5. The minimum Gasteiger partial charge on any atom is -0.504 e. The molecule has 4 nitrogen and oxygen atoms in total. The van der Waals surface area contributed by atoms with E-state index in [0.29, 0.717) is 5.75 Å². The van der Waals surface area contributed by atoms with Gasteiger partial charge in [-0.25, -0.2) is 0 Å². The molecule has 2 N–H and O–H groups in total. The van der Waals surface area contributed by atoms with Gasteiger partial charge >= 0.3 is 0 Å².